The van der Waals surface area contributed by atoms with E-state index in [0.29, 0.717) is 30.8 Å². The summed E-state index contributed by atoms with van der Waals surface area (Å²) in [4.78, 5) is 27.7. The molecular weight excluding hydrogens is 447 g/mol. The Morgan fingerprint density at radius 3 is 2.26 bits per heavy atom. The smallest absolute Gasteiger partial charge is 0.242 e. The van der Waals surface area contributed by atoms with Crippen LogP contribution in [0, 0.1) is 5.82 Å². The molecule has 0 aliphatic carbocycles. The predicted octanol–water partition coefficient (Wildman–Crippen LogP) is 4.38. The van der Waals surface area contributed by atoms with Gasteiger partial charge in [-0.2, -0.15) is 0 Å². The average molecular weight is 479 g/mol. The van der Waals surface area contributed by atoms with Crippen LogP contribution >= 0.6 is 0 Å². The molecule has 0 saturated heterocycles. The molecule has 0 unspecified atom stereocenters. The highest BCUT2D eigenvalue weighted by Gasteiger charge is 2.30. The highest BCUT2D eigenvalue weighted by molar-refractivity contribution is 5.87. The van der Waals surface area contributed by atoms with Crippen molar-refractivity contribution in [3.05, 3.63) is 95.8 Å². The van der Waals surface area contributed by atoms with Crippen molar-refractivity contribution in [3.8, 4) is 11.5 Å². The van der Waals surface area contributed by atoms with E-state index in [0.717, 1.165) is 11.3 Å². The molecule has 0 heterocycles. The van der Waals surface area contributed by atoms with Crippen molar-refractivity contribution < 1.29 is 23.5 Å². The van der Waals surface area contributed by atoms with Crippen molar-refractivity contribution in [1.82, 2.24) is 10.2 Å². The lowest BCUT2D eigenvalue weighted by Crippen LogP contribution is -2.49. The Kier molecular flexibility index (Phi) is 9.66. The first-order chi connectivity index (χ1) is 17.0. The van der Waals surface area contributed by atoms with Gasteiger partial charge in [-0.1, -0.05) is 48.5 Å². The maximum atomic E-state index is 14.5. The van der Waals surface area contributed by atoms with Crippen molar-refractivity contribution in [3.63, 3.8) is 0 Å². The topological polar surface area (TPSA) is 67.9 Å². The molecule has 3 aromatic carbocycles. The molecule has 2 amide bonds. The number of nitrogens with zero attached hydrogens (tertiary/aromatic N) is 1. The fourth-order valence-corrected chi connectivity index (χ4v) is 3.76. The van der Waals surface area contributed by atoms with Crippen LogP contribution in [0.25, 0.3) is 0 Å². The second-order valence-corrected chi connectivity index (χ2v) is 8.06. The summed E-state index contributed by atoms with van der Waals surface area (Å²) >= 11 is 0. The van der Waals surface area contributed by atoms with Crippen molar-refractivity contribution in [1.29, 1.82) is 0 Å². The van der Waals surface area contributed by atoms with Gasteiger partial charge in [0, 0.05) is 32.0 Å². The van der Waals surface area contributed by atoms with E-state index in [1.807, 2.05) is 30.3 Å². The predicted molar refractivity (Wildman–Crippen MR) is 133 cm³/mol. The quantitative estimate of drug-likeness (QED) is 0.393. The molecule has 6 nitrogen and oxygen atoms in total. The summed E-state index contributed by atoms with van der Waals surface area (Å²) in [6, 6.07) is 22.2. The van der Waals surface area contributed by atoms with Gasteiger partial charge in [0.25, 0.3) is 0 Å². The van der Waals surface area contributed by atoms with Crippen LogP contribution in [0.5, 0.6) is 11.5 Å². The zero-order valence-corrected chi connectivity index (χ0v) is 20.1. The first-order valence-electron chi connectivity index (χ1n) is 11.6. The molecule has 3 rings (SSSR count). The molecule has 0 fully saturated rings. The average Bonchev–Trinajstić information content (AvgIpc) is 2.90. The van der Waals surface area contributed by atoms with Crippen molar-refractivity contribution >= 4 is 11.8 Å². The molecule has 3 aromatic rings. The van der Waals surface area contributed by atoms with Gasteiger partial charge in [0.05, 0.1) is 13.7 Å². The van der Waals surface area contributed by atoms with E-state index in [9.17, 15) is 14.0 Å². The molecule has 0 aromatic heterocycles. The summed E-state index contributed by atoms with van der Waals surface area (Å²) in [5.74, 6) is 0.455. The Bertz CT molecular complexity index is 1090. The molecule has 0 aliphatic rings. The molecule has 0 bridgehead atoms. The summed E-state index contributed by atoms with van der Waals surface area (Å²) in [5, 5.41) is 2.66. The van der Waals surface area contributed by atoms with Gasteiger partial charge in [0.2, 0.25) is 11.8 Å². The van der Waals surface area contributed by atoms with E-state index in [1.54, 1.807) is 49.6 Å². The van der Waals surface area contributed by atoms with E-state index in [-0.39, 0.29) is 24.8 Å². The SMILES string of the molecule is CNC(=O)[C@H](Cc1ccccc1)N(Cc1ccccc1F)C(=O)CCCOc1ccc(OC)cc1. The molecule has 184 valence electrons. The van der Waals surface area contributed by atoms with E-state index in [4.69, 9.17) is 9.47 Å². The fourth-order valence-electron chi connectivity index (χ4n) is 3.76. The molecule has 0 radical (unpaired) electrons. The Morgan fingerprint density at radius 1 is 0.943 bits per heavy atom. The number of methoxy groups -OCH3 is 1. The second-order valence-electron chi connectivity index (χ2n) is 8.06. The van der Waals surface area contributed by atoms with Crippen LogP contribution in [-0.2, 0) is 22.6 Å². The van der Waals surface area contributed by atoms with Crippen molar-refractivity contribution in [2.45, 2.75) is 31.8 Å². The molecule has 1 atom stereocenters. The number of carbonyl (C=O) groups is 2. The Labute approximate surface area is 205 Å². The van der Waals surface area contributed by atoms with Crippen LogP contribution in [-0.4, -0.2) is 43.5 Å². The fraction of sp³-hybridized carbons (Fsp3) is 0.286. The van der Waals surface area contributed by atoms with Gasteiger partial charge in [-0.3, -0.25) is 9.59 Å². The number of carbonyl (C=O) groups excluding carboxylic acids is 2. The van der Waals surface area contributed by atoms with Gasteiger partial charge < -0.3 is 19.7 Å². The molecule has 1 N–H and O–H groups in total. The van der Waals surface area contributed by atoms with Crippen LogP contribution in [0.3, 0.4) is 0 Å². The molecule has 0 spiro atoms. The monoisotopic (exact) mass is 478 g/mol. The van der Waals surface area contributed by atoms with Gasteiger partial charge in [-0.15, -0.1) is 0 Å². The number of nitrogens with one attached hydrogen (secondary N) is 1. The molecular formula is C28H31FN2O4. The normalized spacial score (nSPS) is 11.4. The van der Waals surface area contributed by atoms with Gasteiger partial charge in [0.15, 0.2) is 0 Å². The summed E-state index contributed by atoms with van der Waals surface area (Å²) in [7, 11) is 3.13. The summed E-state index contributed by atoms with van der Waals surface area (Å²) in [6.07, 6.45) is 0.931. The first kappa shape index (κ1) is 25.7. The van der Waals surface area contributed by atoms with Crippen LogP contribution in [0.1, 0.15) is 24.0 Å². The third-order valence-electron chi connectivity index (χ3n) is 5.68. The zero-order chi connectivity index (χ0) is 25.0. The number of amides is 2. The molecule has 0 aliphatic heterocycles. The van der Waals surface area contributed by atoms with Gasteiger partial charge in [0.1, 0.15) is 23.4 Å². The highest BCUT2D eigenvalue weighted by Crippen LogP contribution is 2.19. The summed E-state index contributed by atoms with van der Waals surface area (Å²) < 4.78 is 25.3. The second kappa shape index (κ2) is 13.1. The maximum absolute atomic E-state index is 14.5. The number of rotatable bonds is 12. The van der Waals surface area contributed by atoms with E-state index < -0.39 is 11.9 Å². The van der Waals surface area contributed by atoms with Crippen LogP contribution in [0.15, 0.2) is 78.9 Å². The van der Waals surface area contributed by atoms with Gasteiger partial charge >= 0.3 is 0 Å². The summed E-state index contributed by atoms with van der Waals surface area (Å²) in [5.41, 5.74) is 1.27. The van der Waals surface area contributed by atoms with Crippen LogP contribution < -0.4 is 14.8 Å². The molecule has 7 heteroatoms. The van der Waals surface area contributed by atoms with Gasteiger partial charge in [-0.25, -0.2) is 4.39 Å². The zero-order valence-electron chi connectivity index (χ0n) is 20.1. The Balaban J connectivity index is 1.73. The third kappa shape index (κ3) is 7.57. The Morgan fingerprint density at radius 2 is 1.60 bits per heavy atom. The van der Waals surface area contributed by atoms with E-state index in [2.05, 4.69) is 5.32 Å². The van der Waals surface area contributed by atoms with E-state index in [1.165, 1.54) is 18.0 Å². The lowest BCUT2D eigenvalue weighted by molar-refractivity contribution is -0.141. The number of halogens is 1. The van der Waals surface area contributed by atoms with Crippen LogP contribution in [0.4, 0.5) is 4.39 Å². The minimum absolute atomic E-state index is 0.00420. The third-order valence-corrected chi connectivity index (χ3v) is 5.68. The summed E-state index contributed by atoms with van der Waals surface area (Å²) in [6.45, 7) is 0.324. The lowest BCUT2D eigenvalue weighted by Gasteiger charge is -2.31. The number of ether oxygens (including phenoxy) is 2. The van der Waals surface area contributed by atoms with Crippen LogP contribution in [0.2, 0.25) is 0 Å². The standard InChI is InChI=1S/C28H31FN2O4/c1-30-28(33)26(19-21-9-4-3-5-10-21)31(20-22-11-6-7-12-25(22)29)27(32)13-8-18-35-24-16-14-23(34-2)15-17-24/h3-7,9-12,14-17,26H,8,13,18-20H2,1-2H3,(H,30,33)/t26-/m0/s1. The minimum atomic E-state index is -0.781. The largest absolute Gasteiger partial charge is 0.497 e. The van der Waals surface area contributed by atoms with Crippen molar-refractivity contribution in [2.24, 2.45) is 0 Å². The Hall–Kier alpha value is -3.87. The minimum Gasteiger partial charge on any atom is -0.497 e. The molecule has 35 heavy (non-hydrogen) atoms. The number of hydrogen-bond acceptors (Lipinski definition) is 4. The maximum Gasteiger partial charge on any atom is 0.242 e. The first-order valence-corrected chi connectivity index (χ1v) is 11.6. The van der Waals surface area contributed by atoms with E-state index >= 15 is 0 Å². The molecule has 0 saturated carbocycles. The highest BCUT2D eigenvalue weighted by atomic mass is 19.1. The van der Waals surface area contributed by atoms with Crippen molar-refractivity contribution in [2.75, 3.05) is 20.8 Å². The number of hydrogen-bond donors (Lipinski definition) is 1. The van der Waals surface area contributed by atoms with Gasteiger partial charge in [-0.05, 0) is 42.3 Å². The number of likely N-dealkylation sites (N-methyl/N-ethyl adjacent to an activating group) is 1. The lowest BCUT2D eigenvalue weighted by atomic mass is 10.0. The number of benzene rings is 3.